The lowest BCUT2D eigenvalue weighted by molar-refractivity contribution is 0.299. The molecular weight excluding hydrogens is 387 g/mol. The molecule has 0 fully saturated rings. The van der Waals surface area contributed by atoms with Gasteiger partial charge in [-0.1, -0.05) is 18.2 Å². The molecule has 3 aromatic carbocycles. The Hall–Kier alpha value is -3.80. The number of rotatable bonds is 6. The summed E-state index contributed by atoms with van der Waals surface area (Å²) >= 11 is 0. The smallest absolute Gasteiger partial charge is 0.235 e. The predicted octanol–water partition coefficient (Wildman–Crippen LogP) is 5.62. The highest BCUT2D eigenvalue weighted by Gasteiger charge is 2.15. The van der Waals surface area contributed by atoms with Gasteiger partial charge in [0.15, 0.2) is 0 Å². The topological polar surface area (TPSA) is 57.9 Å². The summed E-state index contributed by atoms with van der Waals surface area (Å²) in [5.74, 6) is 1.78. The lowest BCUT2D eigenvalue weighted by atomic mass is 10.2. The van der Waals surface area contributed by atoms with Crippen molar-refractivity contribution in [3.05, 3.63) is 94.1 Å². The number of methoxy groups -OCH3 is 1. The van der Waals surface area contributed by atoms with Crippen LogP contribution in [0.4, 0.5) is 4.39 Å². The van der Waals surface area contributed by atoms with Crippen LogP contribution in [0.5, 0.6) is 23.0 Å². The Labute approximate surface area is 172 Å². The van der Waals surface area contributed by atoms with E-state index in [0.717, 1.165) is 0 Å². The van der Waals surface area contributed by atoms with E-state index >= 15 is 0 Å². The second-order valence-corrected chi connectivity index (χ2v) is 6.63. The quantitative estimate of drug-likeness (QED) is 0.416. The zero-order chi connectivity index (χ0) is 21.1. The van der Waals surface area contributed by atoms with Gasteiger partial charge in [-0.05, 0) is 49.4 Å². The van der Waals surface area contributed by atoms with Crippen LogP contribution in [0.1, 0.15) is 11.3 Å². The van der Waals surface area contributed by atoms with Gasteiger partial charge in [-0.2, -0.15) is 0 Å². The van der Waals surface area contributed by atoms with Gasteiger partial charge >= 0.3 is 0 Å². The molecule has 1 heterocycles. The van der Waals surface area contributed by atoms with Crippen LogP contribution in [-0.2, 0) is 6.61 Å². The summed E-state index contributed by atoms with van der Waals surface area (Å²) in [7, 11) is 1.58. The number of fused-ring (bicyclic) bond motifs is 1. The molecule has 0 aliphatic carbocycles. The highest BCUT2D eigenvalue weighted by Crippen LogP contribution is 2.28. The summed E-state index contributed by atoms with van der Waals surface area (Å²) in [6, 6.07) is 18.2. The van der Waals surface area contributed by atoms with Crippen molar-refractivity contribution in [3.63, 3.8) is 0 Å². The molecule has 0 aliphatic heterocycles. The molecule has 0 unspecified atom stereocenters. The second-order valence-electron chi connectivity index (χ2n) is 6.63. The summed E-state index contributed by atoms with van der Waals surface area (Å²) in [4.78, 5) is 12.9. The van der Waals surface area contributed by atoms with Gasteiger partial charge in [0.25, 0.3) is 0 Å². The minimum absolute atomic E-state index is 0.0695. The number of hydrogen-bond donors (Lipinski definition) is 0. The van der Waals surface area contributed by atoms with Crippen LogP contribution < -0.4 is 19.6 Å². The van der Waals surface area contributed by atoms with E-state index in [4.69, 9.17) is 18.6 Å². The molecule has 5 nitrogen and oxygen atoms in total. The minimum atomic E-state index is -0.332. The highest BCUT2D eigenvalue weighted by atomic mass is 19.1. The van der Waals surface area contributed by atoms with Crippen molar-refractivity contribution in [2.45, 2.75) is 13.5 Å². The molecular formula is C24H19FO5. The molecule has 0 N–H and O–H groups in total. The van der Waals surface area contributed by atoms with Crippen LogP contribution in [0.3, 0.4) is 0 Å². The Balaban J connectivity index is 1.60. The van der Waals surface area contributed by atoms with Gasteiger partial charge in [0, 0.05) is 11.6 Å². The van der Waals surface area contributed by atoms with E-state index in [1.165, 1.54) is 6.07 Å². The third-order valence-corrected chi connectivity index (χ3v) is 4.62. The van der Waals surface area contributed by atoms with Crippen LogP contribution >= 0.6 is 0 Å². The van der Waals surface area contributed by atoms with Crippen LogP contribution in [0.15, 0.2) is 75.9 Å². The highest BCUT2D eigenvalue weighted by molar-refractivity contribution is 5.79. The summed E-state index contributed by atoms with van der Waals surface area (Å²) in [5, 5.41) is 0.363. The van der Waals surface area contributed by atoms with E-state index in [9.17, 15) is 9.18 Å². The van der Waals surface area contributed by atoms with Gasteiger partial charge in [-0.25, -0.2) is 4.39 Å². The normalized spacial score (nSPS) is 10.8. The van der Waals surface area contributed by atoms with Gasteiger partial charge in [0.05, 0.1) is 12.5 Å². The van der Waals surface area contributed by atoms with Gasteiger partial charge < -0.3 is 18.6 Å². The first kappa shape index (κ1) is 19.5. The summed E-state index contributed by atoms with van der Waals surface area (Å²) in [5.41, 5.74) is 0.523. The number of benzene rings is 3. The Bertz CT molecular complexity index is 1240. The van der Waals surface area contributed by atoms with Gasteiger partial charge in [-0.15, -0.1) is 0 Å². The van der Waals surface area contributed by atoms with Crippen molar-refractivity contribution < 1.29 is 23.0 Å². The summed E-state index contributed by atoms with van der Waals surface area (Å²) < 4.78 is 36.1. The Morgan fingerprint density at radius 2 is 1.63 bits per heavy atom. The molecule has 0 bridgehead atoms. The molecule has 4 rings (SSSR count). The molecule has 0 radical (unpaired) electrons. The monoisotopic (exact) mass is 406 g/mol. The van der Waals surface area contributed by atoms with Gasteiger partial charge in [0.1, 0.15) is 41.0 Å². The average molecular weight is 406 g/mol. The zero-order valence-corrected chi connectivity index (χ0v) is 16.5. The van der Waals surface area contributed by atoms with Crippen LogP contribution in [-0.4, -0.2) is 7.11 Å². The van der Waals surface area contributed by atoms with E-state index in [-0.39, 0.29) is 23.6 Å². The summed E-state index contributed by atoms with van der Waals surface area (Å²) in [6.45, 7) is 1.73. The van der Waals surface area contributed by atoms with E-state index < -0.39 is 0 Å². The number of ether oxygens (including phenoxy) is 3. The molecule has 0 spiro atoms. The first-order valence-electron chi connectivity index (χ1n) is 9.31. The number of hydrogen-bond acceptors (Lipinski definition) is 5. The van der Waals surface area contributed by atoms with E-state index in [1.54, 1.807) is 74.7 Å². The fourth-order valence-corrected chi connectivity index (χ4v) is 3.01. The predicted molar refractivity (Wildman–Crippen MR) is 111 cm³/mol. The van der Waals surface area contributed by atoms with Crippen LogP contribution in [0.2, 0.25) is 0 Å². The lowest BCUT2D eigenvalue weighted by Crippen LogP contribution is -2.07. The molecule has 152 valence electrons. The molecule has 6 heteroatoms. The van der Waals surface area contributed by atoms with E-state index in [2.05, 4.69) is 0 Å². The first-order valence-corrected chi connectivity index (χ1v) is 9.31. The molecule has 4 aromatic rings. The number of halogens is 1. The van der Waals surface area contributed by atoms with Crippen molar-refractivity contribution in [2.24, 2.45) is 0 Å². The van der Waals surface area contributed by atoms with Gasteiger partial charge in [0.2, 0.25) is 11.2 Å². The maximum absolute atomic E-state index is 13.8. The molecule has 0 amide bonds. The molecule has 0 atom stereocenters. The second kappa shape index (κ2) is 8.29. The Morgan fingerprint density at radius 1 is 0.933 bits per heavy atom. The fraction of sp³-hybridized carbons (Fsp3) is 0.125. The lowest BCUT2D eigenvalue weighted by Gasteiger charge is -2.11. The maximum Gasteiger partial charge on any atom is 0.235 e. The van der Waals surface area contributed by atoms with Crippen molar-refractivity contribution in [3.8, 4) is 23.0 Å². The maximum atomic E-state index is 13.8. The molecule has 0 saturated heterocycles. The third kappa shape index (κ3) is 3.98. The molecule has 0 saturated carbocycles. The largest absolute Gasteiger partial charge is 0.497 e. The summed E-state index contributed by atoms with van der Waals surface area (Å²) in [6.07, 6.45) is 0. The zero-order valence-electron chi connectivity index (χ0n) is 16.5. The van der Waals surface area contributed by atoms with Crippen LogP contribution in [0.25, 0.3) is 11.0 Å². The number of aryl methyl sites for hydroxylation is 1. The minimum Gasteiger partial charge on any atom is -0.497 e. The van der Waals surface area contributed by atoms with Crippen molar-refractivity contribution in [1.82, 2.24) is 0 Å². The van der Waals surface area contributed by atoms with Crippen molar-refractivity contribution in [2.75, 3.05) is 7.11 Å². The van der Waals surface area contributed by atoms with Gasteiger partial charge in [-0.3, -0.25) is 4.79 Å². The average Bonchev–Trinajstić information content (AvgIpc) is 2.76. The molecule has 1 aromatic heterocycles. The molecule has 30 heavy (non-hydrogen) atoms. The first-order chi connectivity index (χ1) is 14.5. The van der Waals surface area contributed by atoms with Crippen molar-refractivity contribution >= 4 is 11.0 Å². The Morgan fingerprint density at radius 3 is 2.37 bits per heavy atom. The van der Waals surface area contributed by atoms with E-state index in [1.807, 2.05) is 0 Å². The fourth-order valence-electron chi connectivity index (χ4n) is 3.01. The SMILES string of the molecule is COc1ccc(Oc2c(C)oc3cc(OCc4ccccc4F)ccc3c2=O)cc1. The van der Waals surface area contributed by atoms with Crippen molar-refractivity contribution in [1.29, 1.82) is 0 Å². The standard InChI is InChI=1S/C24H19FO5/c1-15-24(30-18-9-7-17(27-2)8-10-18)23(26)20-12-11-19(13-22(20)29-15)28-14-16-5-3-4-6-21(16)25/h3-13H,14H2,1-2H3. The van der Waals surface area contributed by atoms with E-state index in [0.29, 0.717) is 39.5 Å². The Kier molecular flexibility index (Phi) is 5.39. The molecule has 0 aliphatic rings. The van der Waals surface area contributed by atoms with Crippen LogP contribution in [0, 0.1) is 12.7 Å². The third-order valence-electron chi connectivity index (χ3n) is 4.62.